The Balaban J connectivity index is 1.73. The van der Waals surface area contributed by atoms with Crippen molar-refractivity contribution in [1.82, 2.24) is 14.5 Å². The monoisotopic (exact) mass is 398 g/mol. The minimum absolute atomic E-state index is 0.674. The molecule has 5 rings (SSSR count). The van der Waals surface area contributed by atoms with Gasteiger partial charge in [0.1, 0.15) is 17.9 Å². The molecule has 0 aliphatic carbocycles. The van der Waals surface area contributed by atoms with Crippen molar-refractivity contribution < 1.29 is 4.74 Å². The summed E-state index contributed by atoms with van der Waals surface area (Å²) in [4.78, 5) is 11.9. The third-order valence-electron chi connectivity index (χ3n) is 5.95. The van der Waals surface area contributed by atoms with E-state index >= 15 is 0 Å². The Hall–Kier alpha value is -3.34. The van der Waals surface area contributed by atoms with E-state index < -0.39 is 0 Å². The summed E-state index contributed by atoms with van der Waals surface area (Å²) in [5, 5.41) is 1.12. The number of aromatic nitrogens is 3. The zero-order valence-electron chi connectivity index (χ0n) is 17.5. The van der Waals surface area contributed by atoms with Crippen LogP contribution in [-0.4, -0.2) is 34.7 Å². The minimum Gasteiger partial charge on any atom is -0.497 e. The largest absolute Gasteiger partial charge is 0.497 e. The second-order valence-electron chi connectivity index (χ2n) is 8.07. The number of fused-ring (bicyclic) bond motifs is 1. The van der Waals surface area contributed by atoms with Crippen molar-refractivity contribution in [2.75, 3.05) is 25.1 Å². The minimum atomic E-state index is 0.674. The van der Waals surface area contributed by atoms with Gasteiger partial charge in [-0.3, -0.25) is 0 Å². The lowest BCUT2D eigenvalue weighted by Gasteiger charge is -2.32. The number of ether oxygens (including phenoxy) is 1. The quantitative estimate of drug-likeness (QED) is 0.466. The Bertz CT molecular complexity index is 1150. The van der Waals surface area contributed by atoms with E-state index in [1.807, 2.05) is 12.1 Å². The Morgan fingerprint density at radius 1 is 1.00 bits per heavy atom. The molecule has 0 amide bonds. The molecule has 1 aliphatic rings. The molecule has 1 aliphatic heterocycles. The van der Waals surface area contributed by atoms with Gasteiger partial charge in [-0.1, -0.05) is 37.3 Å². The van der Waals surface area contributed by atoms with Crippen LogP contribution in [0.15, 0.2) is 67.1 Å². The highest BCUT2D eigenvalue weighted by Crippen LogP contribution is 2.38. The van der Waals surface area contributed by atoms with E-state index in [1.54, 1.807) is 13.4 Å². The average Bonchev–Trinajstić information content (AvgIpc) is 3.19. The number of benzene rings is 2. The first-order valence-corrected chi connectivity index (χ1v) is 10.6. The van der Waals surface area contributed by atoms with Crippen molar-refractivity contribution in [2.45, 2.75) is 19.8 Å². The molecule has 4 aromatic rings. The molecule has 2 aromatic heterocycles. The lowest BCUT2D eigenvalue weighted by atomic mass is 9.99. The lowest BCUT2D eigenvalue weighted by Crippen LogP contribution is -2.35. The van der Waals surface area contributed by atoms with Crippen molar-refractivity contribution in [3.05, 3.63) is 67.1 Å². The first-order valence-electron chi connectivity index (χ1n) is 10.6. The predicted molar refractivity (Wildman–Crippen MR) is 121 cm³/mol. The third-order valence-corrected chi connectivity index (χ3v) is 5.95. The van der Waals surface area contributed by atoms with E-state index in [0.29, 0.717) is 5.92 Å². The highest BCUT2D eigenvalue weighted by molar-refractivity contribution is 6.02. The van der Waals surface area contributed by atoms with E-state index in [0.717, 1.165) is 46.9 Å². The molecule has 0 bridgehead atoms. The van der Waals surface area contributed by atoms with Gasteiger partial charge in [0.25, 0.3) is 0 Å². The molecular weight excluding hydrogens is 372 g/mol. The number of methoxy groups -OCH3 is 1. The Morgan fingerprint density at radius 2 is 1.80 bits per heavy atom. The van der Waals surface area contributed by atoms with Gasteiger partial charge in [-0.05, 0) is 48.6 Å². The van der Waals surface area contributed by atoms with Crippen molar-refractivity contribution in [2.24, 2.45) is 5.92 Å². The highest BCUT2D eigenvalue weighted by Gasteiger charge is 2.24. The molecule has 0 radical (unpaired) electrons. The van der Waals surface area contributed by atoms with Gasteiger partial charge in [0, 0.05) is 30.5 Å². The van der Waals surface area contributed by atoms with Gasteiger partial charge < -0.3 is 14.2 Å². The van der Waals surface area contributed by atoms with Gasteiger partial charge in [-0.2, -0.15) is 0 Å². The lowest BCUT2D eigenvalue weighted by molar-refractivity contribution is 0.415. The zero-order valence-corrected chi connectivity index (χ0v) is 17.5. The third kappa shape index (κ3) is 3.30. The van der Waals surface area contributed by atoms with Crippen LogP contribution in [0.5, 0.6) is 5.75 Å². The van der Waals surface area contributed by atoms with Crippen LogP contribution in [0.4, 0.5) is 5.82 Å². The molecule has 5 heteroatoms. The van der Waals surface area contributed by atoms with E-state index in [9.17, 15) is 0 Å². The van der Waals surface area contributed by atoms with Crippen LogP contribution in [0.1, 0.15) is 19.8 Å². The number of nitrogens with zero attached hydrogens (tertiary/aromatic N) is 4. The fourth-order valence-electron chi connectivity index (χ4n) is 4.44. The number of hydrogen-bond acceptors (Lipinski definition) is 4. The number of anilines is 1. The topological polar surface area (TPSA) is 43.2 Å². The Kier molecular flexibility index (Phi) is 4.87. The number of piperidine rings is 1. The van der Waals surface area contributed by atoms with Crippen molar-refractivity contribution in [1.29, 1.82) is 0 Å². The van der Waals surface area contributed by atoms with Gasteiger partial charge >= 0.3 is 0 Å². The predicted octanol–water partition coefficient (Wildman–Crippen LogP) is 5.33. The van der Waals surface area contributed by atoms with E-state index in [2.05, 4.69) is 65.1 Å². The Labute approximate surface area is 177 Å². The number of hydrogen-bond donors (Lipinski definition) is 0. The molecule has 0 saturated carbocycles. The van der Waals surface area contributed by atoms with Crippen LogP contribution in [0.25, 0.3) is 27.8 Å². The molecule has 0 spiro atoms. The summed E-state index contributed by atoms with van der Waals surface area (Å²) in [5.41, 5.74) is 4.33. The summed E-state index contributed by atoms with van der Waals surface area (Å²) < 4.78 is 7.50. The van der Waals surface area contributed by atoms with Crippen molar-refractivity contribution in [3.63, 3.8) is 0 Å². The summed E-state index contributed by atoms with van der Waals surface area (Å²) in [7, 11) is 1.69. The molecule has 3 heterocycles. The molecule has 152 valence electrons. The van der Waals surface area contributed by atoms with E-state index in [-0.39, 0.29) is 0 Å². The summed E-state index contributed by atoms with van der Waals surface area (Å²) in [6.07, 6.45) is 6.37. The van der Waals surface area contributed by atoms with E-state index in [4.69, 9.17) is 14.7 Å². The standard InChI is InChI=1S/C25H26N4O/c1-18-7-6-14-28(15-18)24-23-22(19-8-4-3-5-9-19)16-29(25(23)27-17-26-24)20-10-12-21(30-2)13-11-20/h3-5,8-13,16-18H,6-7,14-15H2,1-2H3/t18-/m0/s1. The second kappa shape index (κ2) is 7.82. The molecule has 1 fully saturated rings. The van der Waals surface area contributed by atoms with Crippen LogP contribution in [0, 0.1) is 5.92 Å². The average molecular weight is 399 g/mol. The molecule has 0 N–H and O–H groups in total. The SMILES string of the molecule is COc1ccc(-n2cc(-c3ccccc3)c3c(N4CCC[C@H](C)C4)ncnc32)cc1. The van der Waals surface area contributed by atoms with Gasteiger partial charge in [0.05, 0.1) is 12.5 Å². The molecule has 1 saturated heterocycles. The molecule has 30 heavy (non-hydrogen) atoms. The van der Waals surface area contributed by atoms with Crippen LogP contribution < -0.4 is 9.64 Å². The maximum Gasteiger partial charge on any atom is 0.150 e. The van der Waals surface area contributed by atoms with Gasteiger partial charge in [-0.15, -0.1) is 0 Å². The molecule has 2 aromatic carbocycles. The van der Waals surface area contributed by atoms with Gasteiger partial charge in [-0.25, -0.2) is 9.97 Å². The highest BCUT2D eigenvalue weighted by atomic mass is 16.5. The smallest absolute Gasteiger partial charge is 0.150 e. The van der Waals surface area contributed by atoms with Crippen LogP contribution in [0.2, 0.25) is 0 Å². The van der Waals surface area contributed by atoms with E-state index in [1.165, 1.54) is 18.4 Å². The van der Waals surface area contributed by atoms with Crippen LogP contribution in [-0.2, 0) is 0 Å². The first kappa shape index (κ1) is 18.7. The molecule has 0 unspecified atom stereocenters. The van der Waals surface area contributed by atoms with Crippen molar-refractivity contribution in [3.8, 4) is 22.6 Å². The fraction of sp³-hybridized carbons (Fsp3) is 0.280. The maximum atomic E-state index is 5.33. The normalized spacial score (nSPS) is 16.7. The zero-order chi connectivity index (χ0) is 20.5. The summed E-state index contributed by atoms with van der Waals surface area (Å²) in [5.74, 6) is 2.56. The van der Waals surface area contributed by atoms with Crippen LogP contribution in [0.3, 0.4) is 0 Å². The fourth-order valence-corrected chi connectivity index (χ4v) is 4.44. The number of rotatable bonds is 4. The van der Waals surface area contributed by atoms with Gasteiger partial charge in [0.15, 0.2) is 5.65 Å². The molecule has 5 nitrogen and oxygen atoms in total. The summed E-state index contributed by atoms with van der Waals surface area (Å²) in [6.45, 7) is 4.40. The first-order chi connectivity index (χ1) is 14.7. The summed E-state index contributed by atoms with van der Waals surface area (Å²) >= 11 is 0. The molecule has 1 atom stereocenters. The van der Waals surface area contributed by atoms with Crippen molar-refractivity contribution >= 4 is 16.9 Å². The van der Waals surface area contributed by atoms with Gasteiger partial charge in [0.2, 0.25) is 0 Å². The maximum absolute atomic E-state index is 5.33. The second-order valence-corrected chi connectivity index (χ2v) is 8.07. The summed E-state index contributed by atoms with van der Waals surface area (Å²) in [6, 6.07) is 18.6. The Morgan fingerprint density at radius 3 is 2.53 bits per heavy atom. The molecular formula is C25H26N4O. The van der Waals surface area contributed by atoms with Crippen LogP contribution >= 0.6 is 0 Å².